The summed E-state index contributed by atoms with van der Waals surface area (Å²) in [7, 11) is 3.02. The van der Waals surface area contributed by atoms with Crippen LogP contribution in [0.5, 0.6) is 17.2 Å². The Morgan fingerprint density at radius 2 is 1.82 bits per heavy atom. The number of Topliss-reactive ketones (excluding diaryl/α,β-unsaturated/α-hetero) is 1. The first-order valence-electron chi connectivity index (χ1n) is 10.7. The van der Waals surface area contributed by atoms with Gasteiger partial charge in [-0.25, -0.2) is 0 Å². The third kappa shape index (κ3) is 4.22. The van der Waals surface area contributed by atoms with Crippen LogP contribution < -0.4 is 14.2 Å². The Morgan fingerprint density at radius 3 is 2.50 bits per heavy atom. The van der Waals surface area contributed by atoms with E-state index in [0.29, 0.717) is 40.7 Å². The Hall–Kier alpha value is -4.20. The third-order valence-electron chi connectivity index (χ3n) is 5.59. The van der Waals surface area contributed by atoms with E-state index in [-0.39, 0.29) is 17.9 Å². The van der Waals surface area contributed by atoms with Crippen LogP contribution in [0, 0.1) is 0 Å². The van der Waals surface area contributed by atoms with Crippen LogP contribution in [0.15, 0.2) is 70.9 Å². The molecule has 1 amide bonds. The fourth-order valence-electron chi connectivity index (χ4n) is 4.04. The van der Waals surface area contributed by atoms with Gasteiger partial charge in [0.1, 0.15) is 17.3 Å². The van der Waals surface area contributed by atoms with Gasteiger partial charge in [0.05, 0.1) is 45.2 Å². The Bertz CT molecular complexity index is 1230. The van der Waals surface area contributed by atoms with Crippen molar-refractivity contribution in [2.45, 2.75) is 19.5 Å². The van der Waals surface area contributed by atoms with Gasteiger partial charge in [0.15, 0.2) is 11.5 Å². The Kier molecular flexibility index (Phi) is 6.58. The molecule has 2 aromatic carbocycles. The smallest absolute Gasteiger partial charge is 0.296 e. The zero-order valence-corrected chi connectivity index (χ0v) is 19.1. The molecule has 1 N–H and O–H groups in total. The van der Waals surface area contributed by atoms with Gasteiger partial charge in [0.2, 0.25) is 0 Å². The fourth-order valence-corrected chi connectivity index (χ4v) is 4.04. The molecule has 1 saturated heterocycles. The molecule has 8 heteroatoms. The number of hydrogen-bond acceptors (Lipinski definition) is 7. The van der Waals surface area contributed by atoms with Crippen LogP contribution in [0.1, 0.15) is 29.9 Å². The standard InChI is InChI=1S/C26H25NO7/c1-4-33-18-8-5-7-17(13-18)24(28)22-23(16-10-11-20(31-2)21(14-16)32-3)27(26(30)25(22)29)15-19-9-6-12-34-19/h5-14,23,28H,4,15H2,1-3H3/b24-22+. The molecule has 0 spiro atoms. The number of nitrogens with zero attached hydrogens (tertiary/aromatic N) is 1. The van der Waals surface area contributed by atoms with Crippen molar-refractivity contribution in [1.29, 1.82) is 0 Å². The Balaban J connectivity index is 1.88. The number of aliphatic hydroxyl groups is 1. The topological polar surface area (TPSA) is 98.4 Å². The summed E-state index contributed by atoms with van der Waals surface area (Å²) in [6, 6.07) is 14.4. The summed E-state index contributed by atoms with van der Waals surface area (Å²) >= 11 is 0. The second kappa shape index (κ2) is 9.74. The average molecular weight is 463 g/mol. The molecule has 4 rings (SSSR count). The van der Waals surface area contributed by atoms with Crippen LogP contribution in [-0.4, -0.2) is 42.5 Å². The highest BCUT2D eigenvalue weighted by atomic mass is 16.5. The minimum Gasteiger partial charge on any atom is -0.507 e. The van der Waals surface area contributed by atoms with Crippen molar-refractivity contribution in [3.05, 3.63) is 83.3 Å². The molecule has 1 unspecified atom stereocenters. The van der Waals surface area contributed by atoms with Crippen LogP contribution >= 0.6 is 0 Å². The molecule has 2 heterocycles. The number of carbonyl (C=O) groups is 2. The Labute approximate surface area is 197 Å². The fraction of sp³-hybridized carbons (Fsp3) is 0.231. The normalized spacial score (nSPS) is 17.1. The molecule has 8 nitrogen and oxygen atoms in total. The lowest BCUT2D eigenvalue weighted by atomic mass is 9.95. The van der Waals surface area contributed by atoms with Crippen molar-refractivity contribution in [3.8, 4) is 17.2 Å². The number of hydrogen-bond donors (Lipinski definition) is 1. The first kappa shape index (κ1) is 23.0. The Morgan fingerprint density at radius 1 is 1.03 bits per heavy atom. The van der Waals surface area contributed by atoms with Gasteiger partial charge in [-0.15, -0.1) is 0 Å². The quantitative estimate of drug-likeness (QED) is 0.302. The minimum absolute atomic E-state index is 0.0302. The summed E-state index contributed by atoms with van der Waals surface area (Å²) in [4.78, 5) is 27.7. The van der Waals surface area contributed by atoms with E-state index in [1.807, 2.05) is 6.92 Å². The van der Waals surface area contributed by atoms with Gasteiger partial charge in [0, 0.05) is 5.56 Å². The highest BCUT2D eigenvalue weighted by Gasteiger charge is 2.46. The van der Waals surface area contributed by atoms with E-state index in [1.165, 1.54) is 25.4 Å². The maximum absolute atomic E-state index is 13.2. The summed E-state index contributed by atoms with van der Waals surface area (Å²) < 4.78 is 21.7. The molecule has 3 aromatic rings. The van der Waals surface area contributed by atoms with E-state index in [4.69, 9.17) is 18.6 Å². The molecule has 1 aliphatic heterocycles. The van der Waals surface area contributed by atoms with Gasteiger partial charge < -0.3 is 28.6 Å². The summed E-state index contributed by atoms with van der Waals surface area (Å²) in [6.07, 6.45) is 1.50. The lowest BCUT2D eigenvalue weighted by Crippen LogP contribution is -2.29. The number of rotatable bonds is 8. The zero-order valence-electron chi connectivity index (χ0n) is 19.1. The van der Waals surface area contributed by atoms with Gasteiger partial charge in [0.25, 0.3) is 11.7 Å². The number of amides is 1. The number of likely N-dealkylation sites (tertiary alicyclic amines) is 1. The maximum Gasteiger partial charge on any atom is 0.296 e. The van der Waals surface area contributed by atoms with Gasteiger partial charge >= 0.3 is 0 Å². The maximum atomic E-state index is 13.2. The molecule has 0 radical (unpaired) electrons. The molecule has 1 aliphatic rings. The number of ether oxygens (including phenoxy) is 3. The molecule has 0 bridgehead atoms. The predicted molar refractivity (Wildman–Crippen MR) is 124 cm³/mol. The van der Waals surface area contributed by atoms with Gasteiger partial charge in [-0.1, -0.05) is 18.2 Å². The first-order valence-corrected chi connectivity index (χ1v) is 10.7. The lowest BCUT2D eigenvalue weighted by molar-refractivity contribution is -0.140. The highest BCUT2D eigenvalue weighted by Crippen LogP contribution is 2.42. The number of furan rings is 1. The molecule has 0 aliphatic carbocycles. The second-order valence-corrected chi connectivity index (χ2v) is 7.58. The number of aliphatic hydroxyl groups excluding tert-OH is 1. The number of ketones is 1. The van der Waals surface area contributed by atoms with Crippen molar-refractivity contribution in [3.63, 3.8) is 0 Å². The molecule has 1 fully saturated rings. The molecular formula is C26H25NO7. The van der Waals surface area contributed by atoms with E-state index in [9.17, 15) is 14.7 Å². The molecule has 176 valence electrons. The number of carbonyl (C=O) groups excluding carboxylic acids is 2. The summed E-state index contributed by atoms with van der Waals surface area (Å²) in [6.45, 7) is 2.35. The zero-order chi connectivity index (χ0) is 24.2. The van der Waals surface area contributed by atoms with Crippen molar-refractivity contribution in [1.82, 2.24) is 4.90 Å². The molecule has 1 atom stereocenters. The van der Waals surface area contributed by atoms with E-state index in [1.54, 1.807) is 54.6 Å². The predicted octanol–water partition coefficient (Wildman–Crippen LogP) is 4.32. The summed E-state index contributed by atoms with van der Waals surface area (Å²) in [5.74, 6) is 0.163. The van der Waals surface area contributed by atoms with E-state index in [0.717, 1.165) is 0 Å². The van der Waals surface area contributed by atoms with Crippen LogP contribution in [0.25, 0.3) is 5.76 Å². The van der Waals surface area contributed by atoms with Crippen LogP contribution in [0.3, 0.4) is 0 Å². The molecule has 34 heavy (non-hydrogen) atoms. The van der Waals surface area contributed by atoms with Crippen LogP contribution in [0.2, 0.25) is 0 Å². The van der Waals surface area contributed by atoms with Crippen LogP contribution in [-0.2, 0) is 16.1 Å². The highest BCUT2D eigenvalue weighted by molar-refractivity contribution is 6.46. The SMILES string of the molecule is CCOc1cccc(/C(O)=C2\C(=O)C(=O)N(Cc3ccco3)C2c2ccc(OC)c(OC)c2)c1. The third-order valence-corrected chi connectivity index (χ3v) is 5.59. The van der Waals surface area contributed by atoms with Gasteiger partial charge in [-0.3, -0.25) is 9.59 Å². The first-order chi connectivity index (χ1) is 16.5. The van der Waals surface area contributed by atoms with E-state index < -0.39 is 17.7 Å². The molecule has 0 saturated carbocycles. The van der Waals surface area contributed by atoms with Crippen molar-refractivity contribution in [2.24, 2.45) is 0 Å². The van der Waals surface area contributed by atoms with Crippen LogP contribution in [0.4, 0.5) is 0 Å². The van der Waals surface area contributed by atoms with Gasteiger partial charge in [-0.05, 0) is 48.9 Å². The largest absolute Gasteiger partial charge is 0.507 e. The summed E-state index contributed by atoms with van der Waals surface area (Å²) in [5.41, 5.74) is 0.913. The van der Waals surface area contributed by atoms with Crippen molar-refractivity contribution >= 4 is 17.4 Å². The minimum atomic E-state index is -0.874. The lowest BCUT2D eigenvalue weighted by Gasteiger charge is -2.25. The second-order valence-electron chi connectivity index (χ2n) is 7.58. The summed E-state index contributed by atoms with van der Waals surface area (Å²) in [5, 5.41) is 11.2. The monoisotopic (exact) mass is 463 g/mol. The van der Waals surface area contributed by atoms with Gasteiger partial charge in [-0.2, -0.15) is 0 Å². The molecular weight excluding hydrogens is 438 g/mol. The van der Waals surface area contributed by atoms with Crippen molar-refractivity contribution in [2.75, 3.05) is 20.8 Å². The van der Waals surface area contributed by atoms with E-state index in [2.05, 4.69) is 0 Å². The number of benzene rings is 2. The number of methoxy groups -OCH3 is 2. The average Bonchev–Trinajstić information content (AvgIpc) is 3.46. The van der Waals surface area contributed by atoms with E-state index >= 15 is 0 Å². The molecule has 1 aromatic heterocycles. The van der Waals surface area contributed by atoms with Crippen molar-refractivity contribution < 1.29 is 33.3 Å².